The molecule has 0 unspecified atom stereocenters. The van der Waals surface area contributed by atoms with Crippen LogP contribution in [0.5, 0.6) is 11.5 Å². The molecule has 0 aliphatic carbocycles. The van der Waals surface area contributed by atoms with E-state index >= 15 is 0 Å². The largest absolute Gasteiger partial charge is 0.490 e. The minimum atomic E-state index is 0.299. The Morgan fingerprint density at radius 1 is 1.18 bits per heavy atom. The zero-order chi connectivity index (χ0) is 24.5. The van der Waals surface area contributed by atoms with E-state index in [4.69, 9.17) is 25.8 Å². The Hall–Kier alpha value is -3.12. The topological polar surface area (TPSA) is 88.8 Å². The SMILES string of the molecule is CCOc1cc(/C=N\Nc2nc(C)cc(COC)c2C#N)cc(Br)c1OCc1ccccc1Cl. The van der Waals surface area contributed by atoms with E-state index in [0.717, 1.165) is 22.4 Å². The van der Waals surface area contributed by atoms with Gasteiger partial charge in [-0.05, 0) is 59.6 Å². The molecule has 3 aromatic rings. The number of hydrogen-bond acceptors (Lipinski definition) is 7. The summed E-state index contributed by atoms with van der Waals surface area (Å²) in [6, 6.07) is 15.2. The number of benzene rings is 2. The van der Waals surface area contributed by atoms with Crippen molar-refractivity contribution in [3.05, 3.63) is 79.9 Å². The lowest BCUT2D eigenvalue weighted by molar-refractivity contribution is 0.184. The van der Waals surface area contributed by atoms with Crippen molar-refractivity contribution in [1.29, 1.82) is 5.26 Å². The lowest BCUT2D eigenvalue weighted by atomic mass is 10.1. The molecule has 1 heterocycles. The number of nitrogens with zero attached hydrogens (tertiary/aromatic N) is 3. The van der Waals surface area contributed by atoms with Crippen LogP contribution in [0.25, 0.3) is 0 Å². The van der Waals surface area contributed by atoms with Crippen molar-refractivity contribution in [2.45, 2.75) is 27.1 Å². The van der Waals surface area contributed by atoms with Gasteiger partial charge in [0, 0.05) is 29.0 Å². The summed E-state index contributed by atoms with van der Waals surface area (Å²) >= 11 is 9.81. The Balaban J connectivity index is 1.82. The number of rotatable bonds is 10. The second-order valence-corrected chi connectivity index (χ2v) is 8.47. The highest BCUT2D eigenvalue weighted by molar-refractivity contribution is 9.10. The van der Waals surface area contributed by atoms with Crippen LogP contribution in [-0.4, -0.2) is 24.9 Å². The van der Waals surface area contributed by atoms with Crippen molar-refractivity contribution >= 4 is 39.6 Å². The third-order valence-electron chi connectivity index (χ3n) is 4.69. The van der Waals surface area contributed by atoms with Crippen LogP contribution >= 0.6 is 27.5 Å². The first-order valence-electron chi connectivity index (χ1n) is 10.5. The minimum absolute atomic E-state index is 0.299. The summed E-state index contributed by atoms with van der Waals surface area (Å²) in [5, 5.41) is 14.5. The van der Waals surface area contributed by atoms with Crippen LogP contribution in [-0.2, 0) is 18.0 Å². The van der Waals surface area contributed by atoms with Crippen LogP contribution < -0.4 is 14.9 Å². The van der Waals surface area contributed by atoms with E-state index in [1.54, 1.807) is 13.3 Å². The zero-order valence-electron chi connectivity index (χ0n) is 19.1. The number of aromatic nitrogens is 1. The molecular weight excluding hydrogens is 520 g/mol. The summed E-state index contributed by atoms with van der Waals surface area (Å²) in [4.78, 5) is 4.39. The molecule has 0 saturated carbocycles. The Labute approximate surface area is 212 Å². The molecule has 1 N–H and O–H groups in total. The molecule has 0 fully saturated rings. The molecule has 9 heteroatoms. The van der Waals surface area contributed by atoms with Gasteiger partial charge in [-0.15, -0.1) is 0 Å². The van der Waals surface area contributed by atoms with Gasteiger partial charge in [0.15, 0.2) is 17.3 Å². The van der Waals surface area contributed by atoms with Gasteiger partial charge >= 0.3 is 0 Å². The molecule has 1 aromatic heterocycles. The van der Waals surface area contributed by atoms with Gasteiger partial charge in [-0.1, -0.05) is 29.8 Å². The quantitative estimate of drug-likeness (QED) is 0.240. The molecule has 0 atom stereocenters. The summed E-state index contributed by atoms with van der Waals surface area (Å²) in [6.45, 7) is 4.83. The number of pyridine rings is 1. The highest BCUT2D eigenvalue weighted by Crippen LogP contribution is 2.37. The van der Waals surface area contributed by atoms with Crippen molar-refractivity contribution in [3.8, 4) is 17.6 Å². The maximum absolute atomic E-state index is 9.56. The van der Waals surface area contributed by atoms with Crippen molar-refractivity contribution in [2.75, 3.05) is 19.1 Å². The molecule has 2 aromatic carbocycles. The van der Waals surface area contributed by atoms with E-state index < -0.39 is 0 Å². The molecule has 3 rings (SSSR count). The van der Waals surface area contributed by atoms with Crippen LogP contribution in [0.2, 0.25) is 5.02 Å². The molecule has 176 valence electrons. The van der Waals surface area contributed by atoms with Crippen LogP contribution in [0.4, 0.5) is 5.82 Å². The fourth-order valence-corrected chi connectivity index (χ4v) is 3.98. The van der Waals surface area contributed by atoms with Gasteiger partial charge < -0.3 is 14.2 Å². The lowest BCUT2D eigenvalue weighted by Crippen LogP contribution is -2.04. The summed E-state index contributed by atoms with van der Waals surface area (Å²) in [5.74, 6) is 1.51. The monoisotopic (exact) mass is 542 g/mol. The highest BCUT2D eigenvalue weighted by Gasteiger charge is 2.14. The van der Waals surface area contributed by atoms with Crippen LogP contribution in [0.15, 0.2) is 52.0 Å². The molecule has 0 aliphatic rings. The van der Waals surface area contributed by atoms with Gasteiger partial charge in [0.05, 0.1) is 23.9 Å². The van der Waals surface area contributed by atoms with Gasteiger partial charge in [-0.25, -0.2) is 4.98 Å². The third kappa shape index (κ3) is 6.48. The number of methoxy groups -OCH3 is 1. The van der Waals surface area contributed by atoms with Crippen LogP contribution in [0.1, 0.15) is 34.9 Å². The predicted octanol–water partition coefficient (Wildman–Crippen LogP) is 6.25. The van der Waals surface area contributed by atoms with Crippen molar-refractivity contribution in [3.63, 3.8) is 0 Å². The number of ether oxygens (including phenoxy) is 3. The first kappa shape index (κ1) is 25.5. The summed E-state index contributed by atoms with van der Waals surface area (Å²) in [6.07, 6.45) is 1.62. The smallest absolute Gasteiger partial charge is 0.175 e. The van der Waals surface area contributed by atoms with Gasteiger partial charge in [0.2, 0.25) is 0 Å². The van der Waals surface area contributed by atoms with Crippen LogP contribution in [0.3, 0.4) is 0 Å². The molecule has 0 bridgehead atoms. The molecule has 7 nitrogen and oxygen atoms in total. The molecule has 0 aliphatic heterocycles. The second kappa shape index (κ2) is 12.4. The summed E-state index contributed by atoms with van der Waals surface area (Å²) in [7, 11) is 1.58. The van der Waals surface area contributed by atoms with E-state index in [1.807, 2.05) is 56.3 Å². The van der Waals surface area contributed by atoms with E-state index in [-0.39, 0.29) is 0 Å². The fraction of sp³-hybridized carbons (Fsp3) is 0.240. The Morgan fingerprint density at radius 2 is 1.97 bits per heavy atom. The zero-order valence-corrected chi connectivity index (χ0v) is 21.4. The van der Waals surface area contributed by atoms with E-state index in [1.165, 1.54) is 0 Å². The number of nitrogens with one attached hydrogen (secondary N) is 1. The molecule has 0 amide bonds. The van der Waals surface area contributed by atoms with Gasteiger partial charge in [-0.2, -0.15) is 10.4 Å². The van der Waals surface area contributed by atoms with Gasteiger partial charge in [-0.3, -0.25) is 5.43 Å². The average Bonchev–Trinajstić information content (AvgIpc) is 2.80. The number of aryl methyl sites for hydroxylation is 1. The van der Waals surface area contributed by atoms with E-state index in [2.05, 4.69) is 37.5 Å². The molecule has 0 radical (unpaired) electrons. The summed E-state index contributed by atoms with van der Waals surface area (Å²) < 4.78 is 17.7. The predicted molar refractivity (Wildman–Crippen MR) is 137 cm³/mol. The first-order valence-corrected chi connectivity index (χ1v) is 11.6. The molecular formula is C25H24BrClN4O3. The number of hydrogen-bond donors (Lipinski definition) is 1. The first-order chi connectivity index (χ1) is 16.5. The second-order valence-electron chi connectivity index (χ2n) is 7.20. The molecule has 0 saturated heterocycles. The third-order valence-corrected chi connectivity index (χ3v) is 5.64. The molecule has 0 spiro atoms. The lowest BCUT2D eigenvalue weighted by Gasteiger charge is -2.15. The van der Waals surface area contributed by atoms with Gasteiger partial charge in [0.25, 0.3) is 0 Å². The maximum Gasteiger partial charge on any atom is 0.175 e. The Bertz CT molecular complexity index is 1230. The van der Waals surface area contributed by atoms with E-state index in [0.29, 0.717) is 52.2 Å². The number of hydrazone groups is 1. The van der Waals surface area contributed by atoms with E-state index in [9.17, 15) is 5.26 Å². The normalized spacial score (nSPS) is 10.8. The maximum atomic E-state index is 9.56. The van der Waals surface area contributed by atoms with Crippen LogP contribution in [0, 0.1) is 18.3 Å². The molecule has 34 heavy (non-hydrogen) atoms. The van der Waals surface area contributed by atoms with Gasteiger partial charge in [0.1, 0.15) is 18.2 Å². The summed E-state index contributed by atoms with van der Waals surface area (Å²) in [5.41, 5.74) is 6.40. The average molecular weight is 544 g/mol. The van der Waals surface area contributed by atoms with Crippen molar-refractivity contribution < 1.29 is 14.2 Å². The number of nitriles is 1. The van der Waals surface area contributed by atoms with Crippen molar-refractivity contribution in [2.24, 2.45) is 5.10 Å². The highest BCUT2D eigenvalue weighted by atomic mass is 79.9. The fourth-order valence-electron chi connectivity index (χ4n) is 3.21. The Morgan fingerprint density at radius 3 is 2.68 bits per heavy atom. The number of anilines is 1. The van der Waals surface area contributed by atoms with Crippen molar-refractivity contribution in [1.82, 2.24) is 4.98 Å². The number of halogens is 2. The standard InChI is InChI=1S/C25H24BrClN4O3/c1-4-33-23-11-17(10-21(26)24(23)34-15-18-7-5-6-8-22(18)27)13-29-31-25-20(12-28)19(14-32-3)9-16(2)30-25/h5-11,13H,4,14-15H2,1-3H3,(H,30,31)/b29-13-. The Kier molecular flexibility index (Phi) is 9.28. The minimum Gasteiger partial charge on any atom is -0.490 e.